The van der Waals surface area contributed by atoms with Crippen LogP contribution >= 0.6 is 7.82 Å². The van der Waals surface area contributed by atoms with E-state index in [2.05, 4.69) is 19.7 Å². The van der Waals surface area contributed by atoms with Gasteiger partial charge in [-0.2, -0.15) is 0 Å². The number of aromatic carboxylic acids is 1. The summed E-state index contributed by atoms with van der Waals surface area (Å²) in [6, 6.07) is 2.03. The van der Waals surface area contributed by atoms with Gasteiger partial charge in [0.15, 0.2) is 11.6 Å². The molecule has 0 unspecified atom stereocenters. The molecule has 0 saturated carbocycles. The van der Waals surface area contributed by atoms with Crippen LogP contribution in [0.1, 0.15) is 21.6 Å². The van der Waals surface area contributed by atoms with Crippen molar-refractivity contribution in [3.05, 3.63) is 51.2 Å². The minimum atomic E-state index is -5.70. The van der Waals surface area contributed by atoms with Crippen LogP contribution in [-0.2, 0) is 35.9 Å². The second-order valence-corrected chi connectivity index (χ2v) is 11.4. The number of hydrogen-bond donors (Lipinski definition) is 2. The third-order valence-corrected chi connectivity index (χ3v) is 7.18. The standard InChI is InChI=1S/C18H15N4O15PS2/c1-7-16(23)15(18(24)25)12(6-37-38(28,29)30)17(19-7)21-20-8-2-10-11(13(3-8)39(31,32)33)4-9(22(26)27)5-14(10)40(34,35)36/h2-5,23H,6H2,1H3,(H,24,25)(H2,28,29,30)(H,31,32,33)(H,34,35,36)/p-4. The summed E-state index contributed by atoms with van der Waals surface area (Å²) in [5.41, 5.74) is -3.90. The van der Waals surface area contributed by atoms with Gasteiger partial charge in [-0.15, -0.1) is 10.2 Å². The molecular weight excluding hydrogens is 607 g/mol. The van der Waals surface area contributed by atoms with Crippen molar-refractivity contribution >= 4 is 62.0 Å². The first-order chi connectivity index (χ1) is 18.2. The Kier molecular flexibility index (Phi) is 8.07. The molecule has 2 N–H and O–H groups in total. The van der Waals surface area contributed by atoms with Gasteiger partial charge in [-0.3, -0.25) is 10.1 Å². The lowest BCUT2D eigenvalue weighted by molar-refractivity contribution is -0.385. The number of fused-ring (bicyclic) bond motifs is 1. The van der Waals surface area contributed by atoms with E-state index in [-0.39, 0.29) is 0 Å². The maximum atomic E-state index is 11.9. The number of aromatic hydroxyl groups is 1. The third-order valence-electron chi connectivity index (χ3n) is 4.98. The fourth-order valence-electron chi connectivity index (χ4n) is 3.36. The molecule has 0 aliphatic heterocycles. The van der Waals surface area contributed by atoms with Gasteiger partial charge in [0.25, 0.3) is 5.69 Å². The van der Waals surface area contributed by atoms with Crippen LogP contribution < -0.4 is 9.79 Å². The van der Waals surface area contributed by atoms with Crippen LogP contribution in [0.25, 0.3) is 10.8 Å². The molecule has 0 saturated heterocycles. The van der Waals surface area contributed by atoms with E-state index in [0.29, 0.717) is 24.3 Å². The summed E-state index contributed by atoms with van der Waals surface area (Å²) in [7, 11) is -16.7. The van der Waals surface area contributed by atoms with Gasteiger partial charge in [0.05, 0.1) is 40.5 Å². The van der Waals surface area contributed by atoms with Crippen LogP contribution in [-0.4, -0.2) is 52.0 Å². The smallest absolute Gasteiger partial charge is 0.340 e. The number of hydrogen-bond acceptors (Lipinski definition) is 17. The number of aromatic nitrogens is 1. The van der Waals surface area contributed by atoms with E-state index in [9.17, 15) is 65.4 Å². The van der Waals surface area contributed by atoms with Crippen molar-refractivity contribution in [3.63, 3.8) is 0 Å². The van der Waals surface area contributed by atoms with E-state index < -0.39 is 106 Å². The highest BCUT2D eigenvalue weighted by Gasteiger charge is 2.24. The van der Waals surface area contributed by atoms with Crippen molar-refractivity contribution in [2.75, 3.05) is 0 Å². The Morgan fingerprint density at radius 2 is 1.60 bits per heavy atom. The summed E-state index contributed by atoms with van der Waals surface area (Å²) in [5.74, 6) is -3.59. The number of non-ortho nitro benzene ring substituents is 1. The highest BCUT2D eigenvalue weighted by Crippen LogP contribution is 2.38. The molecule has 0 amide bonds. The minimum Gasteiger partial charge on any atom is -0.790 e. The number of aryl methyl sites for hydroxylation is 1. The Morgan fingerprint density at radius 1 is 1.05 bits per heavy atom. The fourth-order valence-corrected chi connectivity index (χ4v) is 5.05. The quantitative estimate of drug-likeness (QED) is 0.108. The van der Waals surface area contributed by atoms with Gasteiger partial charge in [0, 0.05) is 28.5 Å². The molecule has 0 aliphatic carbocycles. The molecule has 1 heterocycles. The molecule has 1 aromatic heterocycles. The first-order valence-corrected chi connectivity index (χ1v) is 14.2. The van der Waals surface area contributed by atoms with E-state index in [1.54, 1.807) is 0 Å². The average Bonchev–Trinajstić information content (AvgIpc) is 2.80. The number of carbonyl (C=O) groups is 1. The van der Waals surface area contributed by atoms with Gasteiger partial charge in [0.2, 0.25) is 0 Å². The molecule has 3 aromatic rings. The van der Waals surface area contributed by atoms with Gasteiger partial charge in [0.1, 0.15) is 25.8 Å². The highest BCUT2D eigenvalue weighted by atomic mass is 32.2. The number of carboxylic acid groups (broad SMARTS) is 1. The summed E-state index contributed by atoms with van der Waals surface area (Å²) in [6.45, 7) is -0.213. The van der Waals surface area contributed by atoms with Crippen molar-refractivity contribution in [2.24, 2.45) is 10.2 Å². The van der Waals surface area contributed by atoms with E-state index in [1.165, 1.54) is 0 Å². The zero-order chi connectivity index (χ0) is 30.4. The number of pyridine rings is 1. The molecule has 0 fully saturated rings. The summed E-state index contributed by atoms with van der Waals surface area (Å²) in [4.78, 5) is 44.7. The van der Waals surface area contributed by atoms with Crippen LogP contribution in [0, 0.1) is 17.0 Å². The van der Waals surface area contributed by atoms with Crippen molar-refractivity contribution in [1.29, 1.82) is 0 Å². The molecule has 0 bridgehead atoms. The monoisotopic (exact) mass is 618 g/mol. The molecule has 40 heavy (non-hydrogen) atoms. The number of carboxylic acids is 1. The normalized spacial score (nSPS) is 12.7. The molecule has 2 aromatic carbocycles. The van der Waals surface area contributed by atoms with E-state index in [0.717, 1.165) is 6.92 Å². The Labute approximate surface area is 222 Å². The highest BCUT2D eigenvalue weighted by molar-refractivity contribution is 7.86. The zero-order valence-corrected chi connectivity index (χ0v) is 21.8. The summed E-state index contributed by atoms with van der Waals surface area (Å²) >= 11 is 0. The molecule has 214 valence electrons. The largest absolute Gasteiger partial charge is 0.790 e. The predicted molar refractivity (Wildman–Crippen MR) is 121 cm³/mol. The van der Waals surface area contributed by atoms with Crippen LogP contribution in [0.15, 0.2) is 44.3 Å². The van der Waals surface area contributed by atoms with Gasteiger partial charge < -0.3 is 38.2 Å². The summed E-state index contributed by atoms with van der Waals surface area (Å²) < 4.78 is 86.1. The molecule has 0 radical (unpaired) electrons. The van der Waals surface area contributed by atoms with Crippen LogP contribution in [0.2, 0.25) is 0 Å². The molecule has 0 spiro atoms. The second-order valence-electron chi connectivity index (χ2n) is 7.60. The number of benzene rings is 2. The van der Waals surface area contributed by atoms with Crippen LogP contribution in [0.4, 0.5) is 17.2 Å². The summed E-state index contributed by atoms with van der Waals surface area (Å²) in [6.07, 6.45) is 0. The molecule has 3 rings (SSSR count). The number of nitro groups is 1. The van der Waals surface area contributed by atoms with Gasteiger partial charge in [-0.1, -0.05) is 0 Å². The Balaban J connectivity index is 2.36. The van der Waals surface area contributed by atoms with Gasteiger partial charge in [-0.05, 0) is 19.1 Å². The van der Waals surface area contributed by atoms with Crippen molar-refractivity contribution < 1.29 is 64.7 Å². The molecule has 22 heteroatoms. The van der Waals surface area contributed by atoms with E-state index in [1.807, 2.05) is 0 Å². The lowest BCUT2D eigenvalue weighted by Crippen LogP contribution is -2.17. The Morgan fingerprint density at radius 3 is 2.10 bits per heavy atom. The maximum absolute atomic E-state index is 11.9. The summed E-state index contributed by atoms with van der Waals surface area (Å²) in [5, 5.41) is 36.2. The first-order valence-electron chi connectivity index (χ1n) is 9.92. The van der Waals surface area contributed by atoms with Gasteiger partial charge >= 0.3 is 5.97 Å². The second kappa shape index (κ2) is 10.6. The number of phosphoric acid groups is 1. The van der Waals surface area contributed by atoms with Gasteiger partial charge in [-0.25, -0.2) is 26.6 Å². The topological polar surface area (TPSA) is 325 Å². The molecular formula is C18H11N4O15PS2-4. The van der Waals surface area contributed by atoms with Crippen LogP contribution in [0.5, 0.6) is 5.75 Å². The zero-order valence-electron chi connectivity index (χ0n) is 19.3. The first kappa shape index (κ1) is 30.6. The van der Waals surface area contributed by atoms with E-state index in [4.69, 9.17) is 0 Å². The number of nitro benzene ring substituents is 1. The Bertz CT molecular complexity index is 1890. The lowest BCUT2D eigenvalue weighted by atomic mass is 10.1. The number of phosphoric ester groups is 1. The van der Waals surface area contributed by atoms with E-state index >= 15 is 0 Å². The SMILES string of the molecule is Cc1nc(N=Nc2cc(S(=O)(=O)[O-])c3cc([N+](=O)[O-])cc(S(=O)(=O)[O-])c3c2)c(COP(=O)([O-])[O-])c(C(=O)O)c1O. The minimum absolute atomic E-state index is 0.316. The third kappa shape index (κ3) is 6.60. The molecule has 19 nitrogen and oxygen atoms in total. The predicted octanol–water partition coefficient (Wildman–Crippen LogP) is 0.424. The average molecular weight is 618 g/mol. The number of azo groups is 1. The lowest BCUT2D eigenvalue weighted by Gasteiger charge is -2.28. The maximum Gasteiger partial charge on any atom is 0.340 e. The fraction of sp³-hybridized carbons (Fsp3) is 0.111. The van der Waals surface area contributed by atoms with Crippen molar-refractivity contribution in [2.45, 2.75) is 23.3 Å². The van der Waals surface area contributed by atoms with Crippen molar-refractivity contribution in [3.8, 4) is 5.75 Å². The molecule has 0 aliphatic rings. The number of nitrogens with zero attached hydrogens (tertiary/aromatic N) is 4. The molecule has 0 atom stereocenters. The van der Waals surface area contributed by atoms with Crippen LogP contribution in [0.3, 0.4) is 0 Å². The number of rotatable bonds is 9. The Hall–Kier alpha value is -3.95. The van der Waals surface area contributed by atoms with Crippen molar-refractivity contribution in [1.82, 2.24) is 4.98 Å².